The summed E-state index contributed by atoms with van der Waals surface area (Å²) in [6.45, 7) is 8.20. The molecule has 2 aromatic rings. The predicted octanol–water partition coefficient (Wildman–Crippen LogP) is 3.10. The molecule has 1 saturated carbocycles. The number of morpholine rings is 1. The monoisotopic (exact) mass is 415 g/mol. The normalized spacial score (nSPS) is 17.3. The van der Waals surface area contributed by atoms with Crippen LogP contribution in [0.3, 0.4) is 0 Å². The molecule has 1 aromatic carbocycles. The van der Waals surface area contributed by atoms with E-state index < -0.39 is 0 Å². The molecule has 0 N–H and O–H groups in total. The summed E-state index contributed by atoms with van der Waals surface area (Å²) < 4.78 is 11.3. The molecular formula is C22H29N3O3S. The fraction of sp³-hybridized carbons (Fsp3) is 0.545. The van der Waals surface area contributed by atoms with Crippen LogP contribution >= 0.6 is 11.3 Å². The molecule has 29 heavy (non-hydrogen) atoms. The summed E-state index contributed by atoms with van der Waals surface area (Å²) in [5.41, 5.74) is 2.07. The molecule has 156 valence electrons. The van der Waals surface area contributed by atoms with E-state index in [-0.39, 0.29) is 11.8 Å². The van der Waals surface area contributed by atoms with E-state index in [0.717, 1.165) is 74.2 Å². The maximum atomic E-state index is 12.8. The number of amides is 1. The van der Waals surface area contributed by atoms with Crippen molar-refractivity contribution in [3.63, 3.8) is 0 Å². The van der Waals surface area contributed by atoms with E-state index >= 15 is 0 Å². The van der Waals surface area contributed by atoms with Crippen LogP contribution in [0.4, 0.5) is 0 Å². The Morgan fingerprint density at radius 3 is 2.86 bits per heavy atom. The highest BCUT2D eigenvalue weighted by molar-refractivity contribution is 7.09. The van der Waals surface area contributed by atoms with Crippen LogP contribution in [0.25, 0.3) is 0 Å². The Hall–Kier alpha value is -1.96. The number of aromatic nitrogens is 1. The number of aryl methyl sites for hydroxylation is 1. The third-order valence-corrected chi connectivity index (χ3v) is 6.30. The number of rotatable bonds is 9. The fourth-order valence-electron chi connectivity index (χ4n) is 3.48. The van der Waals surface area contributed by atoms with Gasteiger partial charge in [0.15, 0.2) is 0 Å². The summed E-state index contributed by atoms with van der Waals surface area (Å²) in [7, 11) is 0. The van der Waals surface area contributed by atoms with Crippen LogP contribution in [-0.4, -0.2) is 60.1 Å². The molecule has 1 aliphatic carbocycles. The number of hydrogen-bond donors (Lipinski definition) is 0. The SMILES string of the molecule is Cc1ccccc1OCc1nc(CN(CCN2CCOCC2)C(=O)C2CC2)cs1. The quantitative estimate of drug-likeness (QED) is 0.630. The smallest absolute Gasteiger partial charge is 0.226 e. The summed E-state index contributed by atoms with van der Waals surface area (Å²) in [6.07, 6.45) is 2.05. The number of para-hydroxylation sites is 1. The molecule has 2 aliphatic rings. The van der Waals surface area contributed by atoms with Gasteiger partial charge in [-0.15, -0.1) is 11.3 Å². The second-order valence-corrected chi connectivity index (χ2v) is 8.72. The molecule has 0 spiro atoms. The van der Waals surface area contributed by atoms with Crippen molar-refractivity contribution in [2.24, 2.45) is 5.92 Å². The zero-order valence-corrected chi connectivity index (χ0v) is 17.8. The number of carbonyl (C=O) groups excluding carboxylic acids is 1. The summed E-state index contributed by atoms with van der Waals surface area (Å²) in [6, 6.07) is 8.00. The van der Waals surface area contributed by atoms with Crippen molar-refractivity contribution in [2.75, 3.05) is 39.4 Å². The van der Waals surface area contributed by atoms with Crippen LogP contribution in [0.2, 0.25) is 0 Å². The van der Waals surface area contributed by atoms with Crippen LogP contribution in [-0.2, 0) is 22.7 Å². The van der Waals surface area contributed by atoms with E-state index in [2.05, 4.69) is 10.3 Å². The van der Waals surface area contributed by atoms with Crippen molar-refractivity contribution >= 4 is 17.2 Å². The van der Waals surface area contributed by atoms with Crippen LogP contribution in [0.5, 0.6) is 5.75 Å². The van der Waals surface area contributed by atoms with Crippen LogP contribution in [0.15, 0.2) is 29.6 Å². The Balaban J connectivity index is 1.33. The van der Waals surface area contributed by atoms with Crippen molar-refractivity contribution in [2.45, 2.75) is 32.9 Å². The van der Waals surface area contributed by atoms with E-state index in [1.54, 1.807) is 11.3 Å². The lowest BCUT2D eigenvalue weighted by Gasteiger charge is -2.30. The highest BCUT2D eigenvalue weighted by atomic mass is 32.1. The van der Waals surface area contributed by atoms with Crippen molar-refractivity contribution in [3.8, 4) is 5.75 Å². The van der Waals surface area contributed by atoms with E-state index in [1.807, 2.05) is 36.1 Å². The van der Waals surface area contributed by atoms with E-state index in [0.29, 0.717) is 13.2 Å². The topological polar surface area (TPSA) is 54.9 Å². The van der Waals surface area contributed by atoms with E-state index in [1.165, 1.54) is 0 Å². The highest BCUT2D eigenvalue weighted by Crippen LogP contribution is 2.31. The molecule has 1 saturated heterocycles. The molecule has 0 unspecified atom stereocenters. The Labute approximate surface area is 176 Å². The van der Waals surface area contributed by atoms with Crippen molar-refractivity contribution in [1.29, 1.82) is 0 Å². The van der Waals surface area contributed by atoms with Crippen LogP contribution in [0, 0.1) is 12.8 Å². The fourth-order valence-corrected chi connectivity index (χ4v) is 4.18. The first-order valence-corrected chi connectivity index (χ1v) is 11.3. The number of nitrogens with zero attached hydrogens (tertiary/aromatic N) is 3. The first-order chi connectivity index (χ1) is 14.2. The van der Waals surface area contributed by atoms with Gasteiger partial charge in [-0.05, 0) is 31.4 Å². The van der Waals surface area contributed by atoms with Gasteiger partial charge in [0.05, 0.1) is 25.5 Å². The third kappa shape index (κ3) is 5.78. The second kappa shape index (κ2) is 9.69. The Bertz CT molecular complexity index is 815. The van der Waals surface area contributed by atoms with Gasteiger partial charge in [-0.3, -0.25) is 9.69 Å². The molecule has 2 heterocycles. The van der Waals surface area contributed by atoms with Crippen molar-refractivity contribution < 1.29 is 14.3 Å². The van der Waals surface area contributed by atoms with Gasteiger partial charge in [-0.2, -0.15) is 0 Å². The molecule has 4 rings (SSSR count). The Kier molecular flexibility index (Phi) is 6.79. The lowest BCUT2D eigenvalue weighted by Crippen LogP contribution is -2.43. The largest absolute Gasteiger partial charge is 0.486 e. The summed E-state index contributed by atoms with van der Waals surface area (Å²) in [4.78, 5) is 21.9. The minimum absolute atomic E-state index is 0.224. The van der Waals surface area contributed by atoms with Crippen LogP contribution in [0.1, 0.15) is 29.1 Å². The number of ether oxygens (including phenoxy) is 2. The van der Waals surface area contributed by atoms with E-state index in [9.17, 15) is 4.79 Å². The number of benzene rings is 1. The molecule has 6 nitrogen and oxygen atoms in total. The third-order valence-electron chi connectivity index (χ3n) is 5.43. The number of carbonyl (C=O) groups is 1. The lowest BCUT2D eigenvalue weighted by molar-refractivity contribution is -0.133. The number of thiazole rings is 1. The first kappa shape index (κ1) is 20.3. The molecule has 1 amide bonds. The van der Waals surface area contributed by atoms with Gasteiger partial charge >= 0.3 is 0 Å². The lowest BCUT2D eigenvalue weighted by atomic mass is 10.2. The molecule has 1 aromatic heterocycles. The van der Waals surface area contributed by atoms with Gasteiger partial charge in [0.25, 0.3) is 0 Å². The molecule has 0 bridgehead atoms. The van der Waals surface area contributed by atoms with Crippen molar-refractivity contribution in [1.82, 2.24) is 14.8 Å². The number of hydrogen-bond acceptors (Lipinski definition) is 6. The molecular weight excluding hydrogens is 386 g/mol. The molecule has 0 atom stereocenters. The van der Waals surface area contributed by atoms with E-state index in [4.69, 9.17) is 14.5 Å². The molecule has 0 radical (unpaired) electrons. The molecule has 1 aliphatic heterocycles. The first-order valence-electron chi connectivity index (χ1n) is 10.4. The van der Waals surface area contributed by atoms with Gasteiger partial charge in [-0.25, -0.2) is 4.98 Å². The summed E-state index contributed by atoms with van der Waals surface area (Å²) in [5, 5.41) is 2.99. The Morgan fingerprint density at radius 1 is 1.31 bits per heavy atom. The van der Waals surface area contributed by atoms with Crippen molar-refractivity contribution in [3.05, 3.63) is 45.9 Å². The van der Waals surface area contributed by atoms with Gasteiger partial charge in [0.2, 0.25) is 5.91 Å². The average molecular weight is 416 g/mol. The molecule has 7 heteroatoms. The predicted molar refractivity (Wildman–Crippen MR) is 113 cm³/mol. The maximum absolute atomic E-state index is 12.8. The van der Waals surface area contributed by atoms with Gasteiger partial charge in [0, 0.05) is 37.5 Å². The zero-order valence-electron chi connectivity index (χ0n) is 17.0. The minimum Gasteiger partial charge on any atom is -0.486 e. The van der Waals surface area contributed by atoms with Gasteiger partial charge < -0.3 is 14.4 Å². The maximum Gasteiger partial charge on any atom is 0.226 e. The minimum atomic E-state index is 0.224. The van der Waals surface area contributed by atoms with Crippen LogP contribution < -0.4 is 4.74 Å². The second-order valence-electron chi connectivity index (χ2n) is 7.77. The Morgan fingerprint density at radius 2 is 2.10 bits per heavy atom. The highest BCUT2D eigenvalue weighted by Gasteiger charge is 2.33. The average Bonchev–Trinajstić information content (AvgIpc) is 3.50. The summed E-state index contributed by atoms with van der Waals surface area (Å²) >= 11 is 1.60. The van der Waals surface area contributed by atoms with Gasteiger partial charge in [0.1, 0.15) is 17.4 Å². The zero-order chi connectivity index (χ0) is 20.1. The molecule has 2 fully saturated rings. The standard InChI is InChI=1S/C22H29N3O3S/c1-17-4-2-3-5-20(17)28-15-21-23-19(16-29-21)14-25(22(26)18-6-7-18)9-8-24-10-12-27-13-11-24/h2-5,16,18H,6-15H2,1H3. The van der Waals surface area contributed by atoms with Gasteiger partial charge in [-0.1, -0.05) is 18.2 Å². The summed E-state index contributed by atoms with van der Waals surface area (Å²) in [5.74, 6) is 1.39.